The highest BCUT2D eigenvalue weighted by molar-refractivity contribution is 5.85. The van der Waals surface area contributed by atoms with Gasteiger partial charge in [-0.1, -0.05) is 42.5 Å². The third-order valence-electron chi connectivity index (χ3n) is 3.87. The van der Waals surface area contributed by atoms with Gasteiger partial charge in [0.15, 0.2) is 6.61 Å². The molecule has 6 nitrogen and oxygen atoms in total. The van der Waals surface area contributed by atoms with E-state index in [4.69, 9.17) is 14.7 Å². The van der Waals surface area contributed by atoms with Crippen LogP contribution in [-0.4, -0.2) is 24.5 Å². The van der Waals surface area contributed by atoms with Gasteiger partial charge in [0, 0.05) is 11.6 Å². The van der Waals surface area contributed by atoms with E-state index >= 15 is 0 Å². The predicted molar refractivity (Wildman–Crippen MR) is 93.1 cm³/mol. The number of esters is 1. The largest absolute Gasteiger partial charge is 0.481 e. The fourth-order valence-electron chi connectivity index (χ4n) is 2.39. The Morgan fingerprint density at radius 2 is 1.81 bits per heavy atom. The first-order valence-electron chi connectivity index (χ1n) is 8.34. The van der Waals surface area contributed by atoms with Crippen molar-refractivity contribution < 1.29 is 19.1 Å². The number of nitrogens with zero attached hydrogens (tertiary/aromatic N) is 1. The summed E-state index contributed by atoms with van der Waals surface area (Å²) in [5.41, 5.74) is 0.919. The molecule has 2 aromatic rings. The van der Waals surface area contributed by atoms with E-state index in [-0.39, 0.29) is 11.9 Å². The Kier molecular flexibility index (Phi) is 5.49. The van der Waals surface area contributed by atoms with Gasteiger partial charge < -0.3 is 14.8 Å². The molecule has 6 heteroatoms. The summed E-state index contributed by atoms with van der Waals surface area (Å²) < 4.78 is 10.7. The van der Waals surface area contributed by atoms with Crippen LogP contribution in [0.25, 0.3) is 0 Å². The van der Waals surface area contributed by atoms with Crippen molar-refractivity contribution in [3.63, 3.8) is 0 Å². The first-order chi connectivity index (χ1) is 12.7. The molecule has 1 aliphatic rings. The Morgan fingerprint density at radius 3 is 2.50 bits per heavy atom. The van der Waals surface area contributed by atoms with E-state index in [1.54, 1.807) is 48.5 Å². The van der Waals surface area contributed by atoms with E-state index in [0.29, 0.717) is 16.9 Å². The molecule has 1 atom stereocenters. The van der Waals surface area contributed by atoms with Crippen LogP contribution in [0.3, 0.4) is 0 Å². The Hall–Kier alpha value is -3.33. The average Bonchev–Trinajstić information content (AvgIpc) is 3.49. The second-order valence-corrected chi connectivity index (χ2v) is 5.96. The van der Waals surface area contributed by atoms with Gasteiger partial charge in [0.25, 0.3) is 5.91 Å². The minimum absolute atomic E-state index is 0.158. The van der Waals surface area contributed by atoms with Crippen LogP contribution in [0.15, 0.2) is 54.6 Å². The molecule has 1 aliphatic carbocycles. The molecule has 0 aromatic heterocycles. The first kappa shape index (κ1) is 17.5. The van der Waals surface area contributed by atoms with Gasteiger partial charge in [-0.05, 0) is 25.0 Å². The van der Waals surface area contributed by atoms with Crippen molar-refractivity contribution in [2.24, 2.45) is 0 Å². The molecule has 1 N–H and O–H groups in total. The van der Waals surface area contributed by atoms with E-state index < -0.39 is 18.7 Å². The number of ether oxygens (including phenoxy) is 2. The number of benzene rings is 2. The lowest BCUT2D eigenvalue weighted by Gasteiger charge is -2.18. The topological polar surface area (TPSA) is 88.4 Å². The average molecular weight is 350 g/mol. The highest BCUT2D eigenvalue weighted by Gasteiger charge is 2.30. The number of carbonyl (C=O) groups is 2. The number of hydrogen-bond acceptors (Lipinski definition) is 5. The fraction of sp³-hybridized carbons (Fsp3) is 0.250. The summed E-state index contributed by atoms with van der Waals surface area (Å²) in [5, 5.41) is 11.9. The van der Waals surface area contributed by atoms with Crippen molar-refractivity contribution in [2.75, 3.05) is 6.61 Å². The maximum Gasteiger partial charge on any atom is 0.345 e. The van der Waals surface area contributed by atoms with Crippen molar-refractivity contribution in [3.05, 3.63) is 65.7 Å². The number of rotatable bonds is 7. The summed E-state index contributed by atoms with van der Waals surface area (Å²) in [6, 6.07) is 17.6. The summed E-state index contributed by atoms with van der Waals surface area (Å²) in [6.45, 7) is -0.390. The van der Waals surface area contributed by atoms with Gasteiger partial charge in [-0.3, -0.25) is 4.79 Å². The highest BCUT2D eigenvalue weighted by atomic mass is 16.6. The third kappa shape index (κ3) is 4.61. The lowest BCUT2D eigenvalue weighted by Crippen LogP contribution is -2.34. The molecule has 0 heterocycles. The summed E-state index contributed by atoms with van der Waals surface area (Å²) in [6.07, 6.45) is 0.851. The van der Waals surface area contributed by atoms with Gasteiger partial charge in [0.1, 0.15) is 11.8 Å². The lowest BCUT2D eigenvalue weighted by atomic mass is 10.1. The van der Waals surface area contributed by atoms with E-state index in [1.807, 2.05) is 12.1 Å². The number of nitriles is 1. The normalized spacial score (nSPS) is 14.0. The van der Waals surface area contributed by atoms with E-state index in [0.717, 1.165) is 12.8 Å². The number of hydrogen-bond donors (Lipinski definition) is 1. The molecule has 1 amide bonds. The van der Waals surface area contributed by atoms with Crippen molar-refractivity contribution in [1.29, 1.82) is 5.26 Å². The van der Waals surface area contributed by atoms with Crippen molar-refractivity contribution >= 4 is 11.9 Å². The number of amides is 1. The Bertz CT molecular complexity index is 825. The van der Waals surface area contributed by atoms with Crippen molar-refractivity contribution in [1.82, 2.24) is 5.32 Å². The molecule has 132 valence electrons. The van der Waals surface area contributed by atoms with Gasteiger partial charge in [-0.2, -0.15) is 5.26 Å². The molecule has 0 unspecified atom stereocenters. The number of carbonyl (C=O) groups excluding carboxylic acids is 2. The predicted octanol–water partition coefficient (Wildman–Crippen LogP) is 2.50. The zero-order valence-corrected chi connectivity index (χ0v) is 14.1. The van der Waals surface area contributed by atoms with Crippen molar-refractivity contribution in [2.45, 2.75) is 25.0 Å². The van der Waals surface area contributed by atoms with E-state index in [2.05, 4.69) is 5.32 Å². The van der Waals surface area contributed by atoms with Crippen LogP contribution in [0.5, 0.6) is 5.75 Å². The zero-order chi connectivity index (χ0) is 18.4. The van der Waals surface area contributed by atoms with Gasteiger partial charge in [0.05, 0.1) is 5.56 Å². The molecular weight excluding hydrogens is 332 g/mol. The molecule has 1 fully saturated rings. The van der Waals surface area contributed by atoms with E-state index in [9.17, 15) is 9.59 Å². The monoisotopic (exact) mass is 350 g/mol. The minimum atomic E-state index is -1.03. The van der Waals surface area contributed by atoms with Crippen LogP contribution >= 0.6 is 0 Å². The second kappa shape index (κ2) is 8.17. The first-order valence-corrected chi connectivity index (χ1v) is 8.34. The summed E-state index contributed by atoms with van der Waals surface area (Å²) in [4.78, 5) is 24.6. The SMILES string of the molecule is N#Cc1ccccc1OCC(=O)O[C@@H](C(=O)NC1CC1)c1ccccc1. The van der Waals surface area contributed by atoms with Gasteiger partial charge in [-0.15, -0.1) is 0 Å². The summed E-state index contributed by atoms with van der Waals surface area (Å²) in [7, 11) is 0. The third-order valence-corrected chi connectivity index (χ3v) is 3.87. The Labute approximate surface area is 151 Å². The maximum atomic E-state index is 12.4. The smallest absolute Gasteiger partial charge is 0.345 e. The van der Waals surface area contributed by atoms with Crippen LogP contribution < -0.4 is 10.1 Å². The number of para-hydroxylation sites is 1. The van der Waals surface area contributed by atoms with Crippen LogP contribution in [0.1, 0.15) is 30.1 Å². The maximum absolute atomic E-state index is 12.4. The van der Waals surface area contributed by atoms with Gasteiger partial charge in [0.2, 0.25) is 6.10 Å². The highest BCUT2D eigenvalue weighted by Crippen LogP contribution is 2.23. The van der Waals surface area contributed by atoms with Crippen LogP contribution in [0.2, 0.25) is 0 Å². The zero-order valence-electron chi connectivity index (χ0n) is 14.1. The lowest BCUT2D eigenvalue weighted by molar-refractivity contribution is -0.158. The Morgan fingerprint density at radius 1 is 1.12 bits per heavy atom. The molecule has 1 saturated carbocycles. The fourth-order valence-corrected chi connectivity index (χ4v) is 2.39. The number of nitrogens with one attached hydrogen (secondary N) is 1. The minimum Gasteiger partial charge on any atom is -0.481 e. The molecule has 26 heavy (non-hydrogen) atoms. The quantitative estimate of drug-likeness (QED) is 0.775. The van der Waals surface area contributed by atoms with Crippen LogP contribution in [0.4, 0.5) is 0 Å². The second-order valence-electron chi connectivity index (χ2n) is 5.96. The molecule has 0 bridgehead atoms. The van der Waals surface area contributed by atoms with Crippen LogP contribution in [0, 0.1) is 11.3 Å². The summed E-state index contributed by atoms with van der Waals surface area (Å²) >= 11 is 0. The van der Waals surface area contributed by atoms with Gasteiger partial charge in [-0.25, -0.2) is 4.79 Å². The molecule has 0 radical (unpaired) electrons. The van der Waals surface area contributed by atoms with Gasteiger partial charge >= 0.3 is 5.97 Å². The van der Waals surface area contributed by atoms with E-state index in [1.165, 1.54) is 0 Å². The molecule has 3 rings (SSSR count). The standard InChI is InChI=1S/C20H18N2O4/c21-12-15-8-4-5-9-17(15)25-13-18(23)26-19(14-6-2-1-3-7-14)20(24)22-16-10-11-16/h1-9,16,19H,10-11,13H2,(H,22,24)/t19-/m1/s1. The Balaban J connectivity index is 1.65. The molecule has 0 aliphatic heterocycles. The molecule has 2 aromatic carbocycles. The van der Waals surface area contributed by atoms with Crippen LogP contribution in [-0.2, 0) is 14.3 Å². The molecular formula is C20H18N2O4. The molecule has 0 saturated heterocycles. The van der Waals surface area contributed by atoms with Crippen molar-refractivity contribution in [3.8, 4) is 11.8 Å². The summed E-state index contributed by atoms with van der Waals surface area (Å²) in [5.74, 6) is -0.729. The molecule has 0 spiro atoms.